The third-order valence-corrected chi connectivity index (χ3v) is 1.51. The zero-order valence-electron chi connectivity index (χ0n) is 7.25. The van der Waals surface area contributed by atoms with Crippen LogP contribution in [0.3, 0.4) is 0 Å². The molecule has 0 atom stereocenters. The van der Waals surface area contributed by atoms with E-state index in [9.17, 15) is 9.18 Å². The molecule has 1 aromatic carbocycles. The van der Waals surface area contributed by atoms with E-state index in [0.29, 0.717) is 11.8 Å². The van der Waals surface area contributed by atoms with Crippen LogP contribution in [0.5, 0.6) is 0 Å². The third kappa shape index (κ3) is 2.43. The Labute approximate surface area is 81.0 Å². The number of nitrogens with zero attached hydrogens (tertiary/aromatic N) is 1. The molecule has 0 saturated heterocycles. The first kappa shape index (κ1) is 9.95. The Morgan fingerprint density at radius 1 is 1.50 bits per heavy atom. The standard InChI is InChI=1S/C11H6FNO/c12-11-7-9(3-1-2-6-14)4-5-10(11)8-13/h4-7H,2H2. The summed E-state index contributed by atoms with van der Waals surface area (Å²) in [4.78, 5) is 9.94. The second-order valence-electron chi connectivity index (χ2n) is 2.48. The first-order valence-corrected chi connectivity index (χ1v) is 3.90. The quantitative estimate of drug-likeness (QED) is 0.495. The molecule has 0 aromatic heterocycles. The molecular weight excluding hydrogens is 181 g/mol. The maximum absolute atomic E-state index is 13.0. The van der Waals surface area contributed by atoms with Gasteiger partial charge in [0, 0.05) is 5.56 Å². The molecular formula is C11H6FNO. The number of hydrogen-bond acceptors (Lipinski definition) is 2. The van der Waals surface area contributed by atoms with Crippen molar-refractivity contribution in [3.63, 3.8) is 0 Å². The highest BCUT2D eigenvalue weighted by atomic mass is 19.1. The van der Waals surface area contributed by atoms with Gasteiger partial charge in [-0.15, -0.1) is 0 Å². The van der Waals surface area contributed by atoms with Gasteiger partial charge >= 0.3 is 0 Å². The average molecular weight is 187 g/mol. The lowest BCUT2D eigenvalue weighted by Gasteiger charge is -1.93. The highest BCUT2D eigenvalue weighted by molar-refractivity contribution is 5.55. The average Bonchev–Trinajstić information content (AvgIpc) is 2.18. The number of carbonyl (C=O) groups is 1. The fraction of sp³-hybridized carbons (Fsp3) is 0.0909. The molecule has 14 heavy (non-hydrogen) atoms. The van der Waals surface area contributed by atoms with Crippen molar-refractivity contribution in [1.29, 1.82) is 5.26 Å². The van der Waals surface area contributed by atoms with Gasteiger partial charge in [0.05, 0.1) is 12.0 Å². The summed E-state index contributed by atoms with van der Waals surface area (Å²) in [6.07, 6.45) is 0.800. The van der Waals surface area contributed by atoms with E-state index in [2.05, 4.69) is 11.8 Å². The van der Waals surface area contributed by atoms with Crippen LogP contribution in [0.15, 0.2) is 18.2 Å². The second kappa shape index (κ2) is 4.79. The largest absolute Gasteiger partial charge is 0.302 e. The zero-order valence-corrected chi connectivity index (χ0v) is 7.25. The molecule has 0 bridgehead atoms. The molecule has 0 fully saturated rings. The fourth-order valence-electron chi connectivity index (χ4n) is 0.878. The Balaban J connectivity index is 2.95. The van der Waals surface area contributed by atoms with Crippen LogP contribution in [0.4, 0.5) is 4.39 Å². The summed E-state index contributed by atoms with van der Waals surface area (Å²) < 4.78 is 13.0. The number of nitriles is 1. The summed E-state index contributed by atoms with van der Waals surface area (Å²) in [5.74, 6) is 4.56. The van der Waals surface area contributed by atoms with Gasteiger partial charge in [-0.1, -0.05) is 11.8 Å². The van der Waals surface area contributed by atoms with E-state index in [1.165, 1.54) is 12.1 Å². The normalized spacial score (nSPS) is 8.29. The zero-order chi connectivity index (χ0) is 10.4. The predicted molar refractivity (Wildman–Crippen MR) is 48.7 cm³/mol. The SMILES string of the molecule is N#Cc1ccc(C#CCC=O)cc1F. The number of aldehydes is 1. The van der Waals surface area contributed by atoms with E-state index >= 15 is 0 Å². The minimum Gasteiger partial charge on any atom is -0.302 e. The van der Waals surface area contributed by atoms with E-state index in [0.717, 1.165) is 0 Å². The Bertz CT molecular complexity index is 449. The molecule has 0 amide bonds. The van der Waals surface area contributed by atoms with Crippen LogP contribution >= 0.6 is 0 Å². The van der Waals surface area contributed by atoms with Crippen LogP contribution in [0.25, 0.3) is 0 Å². The van der Waals surface area contributed by atoms with E-state index < -0.39 is 5.82 Å². The van der Waals surface area contributed by atoms with Gasteiger partial charge in [-0.05, 0) is 18.2 Å². The molecule has 0 unspecified atom stereocenters. The number of benzene rings is 1. The van der Waals surface area contributed by atoms with Gasteiger partial charge in [0.1, 0.15) is 18.2 Å². The van der Waals surface area contributed by atoms with E-state index in [1.54, 1.807) is 12.1 Å². The Morgan fingerprint density at radius 2 is 2.29 bits per heavy atom. The second-order valence-corrected chi connectivity index (χ2v) is 2.48. The molecule has 0 radical (unpaired) electrons. The summed E-state index contributed by atoms with van der Waals surface area (Å²) in [6, 6.07) is 5.79. The van der Waals surface area contributed by atoms with Crippen molar-refractivity contribution in [3.05, 3.63) is 35.1 Å². The van der Waals surface area contributed by atoms with Crippen LogP contribution in [-0.2, 0) is 4.79 Å². The van der Waals surface area contributed by atoms with Crippen LogP contribution in [0.1, 0.15) is 17.5 Å². The van der Waals surface area contributed by atoms with Crippen LogP contribution < -0.4 is 0 Å². The highest BCUT2D eigenvalue weighted by Gasteiger charge is 1.99. The maximum Gasteiger partial charge on any atom is 0.142 e. The van der Waals surface area contributed by atoms with Crippen molar-refractivity contribution in [1.82, 2.24) is 0 Å². The highest BCUT2D eigenvalue weighted by Crippen LogP contribution is 2.08. The first-order valence-electron chi connectivity index (χ1n) is 3.90. The molecule has 0 saturated carbocycles. The van der Waals surface area contributed by atoms with Gasteiger partial charge in [-0.2, -0.15) is 5.26 Å². The van der Waals surface area contributed by atoms with Crippen molar-refractivity contribution in [2.75, 3.05) is 0 Å². The lowest BCUT2D eigenvalue weighted by Crippen LogP contribution is -1.84. The van der Waals surface area contributed by atoms with Gasteiger partial charge in [0.2, 0.25) is 0 Å². The lowest BCUT2D eigenvalue weighted by molar-refractivity contribution is -0.107. The predicted octanol–water partition coefficient (Wildman–Crippen LogP) is 1.64. The monoisotopic (exact) mass is 187 g/mol. The van der Waals surface area contributed by atoms with E-state index in [-0.39, 0.29) is 12.0 Å². The lowest BCUT2D eigenvalue weighted by atomic mass is 10.1. The summed E-state index contributed by atoms with van der Waals surface area (Å²) in [7, 11) is 0. The van der Waals surface area contributed by atoms with Crippen LogP contribution in [0, 0.1) is 29.0 Å². The van der Waals surface area contributed by atoms with Gasteiger partial charge < -0.3 is 4.79 Å². The minimum atomic E-state index is -0.592. The Hall–Kier alpha value is -2.13. The van der Waals surface area contributed by atoms with Gasteiger partial charge in [0.25, 0.3) is 0 Å². The van der Waals surface area contributed by atoms with Crippen molar-refractivity contribution < 1.29 is 9.18 Å². The smallest absolute Gasteiger partial charge is 0.142 e. The fourth-order valence-corrected chi connectivity index (χ4v) is 0.878. The first-order chi connectivity index (χ1) is 6.77. The number of halogens is 1. The summed E-state index contributed by atoms with van der Waals surface area (Å²) in [5.41, 5.74) is 0.453. The van der Waals surface area contributed by atoms with Gasteiger partial charge in [-0.3, -0.25) is 0 Å². The molecule has 0 aliphatic carbocycles. The summed E-state index contributed by atoms with van der Waals surface area (Å²) in [5, 5.41) is 8.45. The molecule has 1 aromatic rings. The molecule has 3 heteroatoms. The molecule has 68 valence electrons. The van der Waals surface area contributed by atoms with Crippen LogP contribution in [-0.4, -0.2) is 6.29 Å². The molecule has 0 aliphatic heterocycles. The topological polar surface area (TPSA) is 40.9 Å². The number of carbonyl (C=O) groups excluding carboxylic acids is 1. The molecule has 1 rings (SSSR count). The summed E-state index contributed by atoms with van der Waals surface area (Å²) in [6.45, 7) is 0. The van der Waals surface area contributed by atoms with Gasteiger partial charge in [-0.25, -0.2) is 4.39 Å². The third-order valence-electron chi connectivity index (χ3n) is 1.51. The van der Waals surface area contributed by atoms with Crippen molar-refractivity contribution in [2.24, 2.45) is 0 Å². The van der Waals surface area contributed by atoms with Crippen LogP contribution in [0.2, 0.25) is 0 Å². The van der Waals surface area contributed by atoms with Gasteiger partial charge in [0.15, 0.2) is 0 Å². The molecule has 0 N–H and O–H groups in total. The Morgan fingerprint density at radius 3 is 2.86 bits per heavy atom. The van der Waals surface area contributed by atoms with Crippen molar-refractivity contribution in [2.45, 2.75) is 6.42 Å². The molecule has 0 heterocycles. The minimum absolute atomic E-state index is 0.00839. The molecule has 0 aliphatic rings. The molecule has 0 spiro atoms. The Kier molecular flexibility index (Phi) is 3.41. The van der Waals surface area contributed by atoms with E-state index in [1.807, 2.05) is 0 Å². The number of rotatable bonds is 1. The maximum atomic E-state index is 13.0. The summed E-state index contributed by atoms with van der Waals surface area (Å²) >= 11 is 0. The van der Waals surface area contributed by atoms with Crippen molar-refractivity contribution in [3.8, 4) is 17.9 Å². The van der Waals surface area contributed by atoms with E-state index in [4.69, 9.17) is 5.26 Å². The number of hydrogen-bond donors (Lipinski definition) is 0. The molecule has 2 nitrogen and oxygen atoms in total. The van der Waals surface area contributed by atoms with Crippen molar-refractivity contribution >= 4 is 6.29 Å².